The van der Waals surface area contributed by atoms with Crippen molar-refractivity contribution < 1.29 is 23.8 Å². The maximum Gasteiger partial charge on any atom is 0.419 e. The van der Waals surface area contributed by atoms with E-state index < -0.39 is 18.2 Å². The number of hydrogen-bond acceptors (Lipinski definition) is 5. The third-order valence-electron chi connectivity index (χ3n) is 6.10. The predicted octanol–water partition coefficient (Wildman–Crippen LogP) is 4.37. The summed E-state index contributed by atoms with van der Waals surface area (Å²) < 4.78 is 19.2. The predicted molar refractivity (Wildman–Crippen MR) is 119 cm³/mol. The maximum absolute atomic E-state index is 14.2. The van der Waals surface area contributed by atoms with Gasteiger partial charge in [-0.05, 0) is 46.7 Å². The third-order valence-corrected chi connectivity index (χ3v) is 6.10. The van der Waals surface area contributed by atoms with Gasteiger partial charge in [-0.25, -0.2) is 9.18 Å². The molecule has 2 aromatic carbocycles. The van der Waals surface area contributed by atoms with Crippen LogP contribution in [0.4, 0.5) is 9.18 Å². The smallest absolute Gasteiger partial charge is 0.404 e. The van der Waals surface area contributed by atoms with Gasteiger partial charge in [0.05, 0.1) is 0 Å². The lowest BCUT2D eigenvalue weighted by atomic mass is 9.80. The molecular formula is C25H25FN2O4. The third kappa shape index (κ3) is 4.16. The molecule has 32 heavy (non-hydrogen) atoms. The summed E-state index contributed by atoms with van der Waals surface area (Å²) in [7, 11) is 0. The first kappa shape index (κ1) is 21.8. The molecule has 0 aliphatic carbocycles. The average Bonchev–Trinajstić information content (AvgIpc) is 3.10. The van der Waals surface area contributed by atoms with Gasteiger partial charge in [0.1, 0.15) is 12.0 Å². The highest BCUT2D eigenvalue weighted by atomic mass is 19.1. The Kier molecular flexibility index (Phi) is 6.10. The summed E-state index contributed by atoms with van der Waals surface area (Å²) >= 11 is 0. The van der Waals surface area contributed by atoms with Gasteiger partial charge in [0.15, 0.2) is 5.76 Å². The summed E-state index contributed by atoms with van der Waals surface area (Å²) in [5, 5.41) is 17.4. The number of carbonyl (C=O) groups excluding carboxylic acids is 2. The normalized spacial score (nSPS) is 20.7. The first-order chi connectivity index (χ1) is 15.4. The highest BCUT2D eigenvalue weighted by Gasteiger charge is 2.32. The largest absolute Gasteiger partial charge is 0.419 e. The number of nitrogens with one attached hydrogen (secondary N) is 2. The van der Waals surface area contributed by atoms with Gasteiger partial charge in [-0.3, -0.25) is 10.1 Å². The fraction of sp³-hybridized carbons (Fsp3) is 0.280. The molecule has 2 heterocycles. The number of imide groups is 1. The van der Waals surface area contributed by atoms with Crippen molar-refractivity contribution in [1.82, 2.24) is 10.6 Å². The summed E-state index contributed by atoms with van der Waals surface area (Å²) in [5.41, 5.74) is 2.07. The minimum Gasteiger partial charge on any atom is -0.404 e. The van der Waals surface area contributed by atoms with Crippen LogP contribution >= 0.6 is 0 Å². The lowest BCUT2D eigenvalue weighted by Gasteiger charge is -2.32. The Balaban J connectivity index is 1.71. The van der Waals surface area contributed by atoms with Crippen LogP contribution in [0, 0.1) is 17.7 Å². The number of aliphatic hydroxyl groups is 1. The monoisotopic (exact) mass is 436 g/mol. The first-order valence-corrected chi connectivity index (χ1v) is 10.7. The molecule has 0 bridgehead atoms. The van der Waals surface area contributed by atoms with E-state index in [9.17, 15) is 19.1 Å². The number of hydrogen-bond donors (Lipinski definition) is 3. The quantitative estimate of drug-likeness (QED) is 0.586. The van der Waals surface area contributed by atoms with Crippen LogP contribution in [-0.4, -0.2) is 23.3 Å². The van der Waals surface area contributed by atoms with Crippen molar-refractivity contribution >= 4 is 28.5 Å². The first-order valence-electron chi connectivity index (χ1n) is 10.7. The molecule has 0 radical (unpaired) electrons. The number of alkyl carbamates (subject to hydrolysis) is 1. The Morgan fingerprint density at radius 3 is 2.59 bits per heavy atom. The molecule has 1 fully saturated rings. The van der Waals surface area contributed by atoms with Crippen molar-refractivity contribution in [3.63, 3.8) is 0 Å². The summed E-state index contributed by atoms with van der Waals surface area (Å²) in [6.45, 7) is 4.07. The number of fused-ring (bicyclic) bond motifs is 1. The zero-order valence-electron chi connectivity index (χ0n) is 17.9. The van der Waals surface area contributed by atoms with Crippen LogP contribution in [0.3, 0.4) is 0 Å². The van der Waals surface area contributed by atoms with E-state index in [1.165, 1.54) is 6.07 Å². The zero-order valence-corrected chi connectivity index (χ0v) is 17.9. The summed E-state index contributed by atoms with van der Waals surface area (Å²) in [4.78, 5) is 23.4. The number of halogens is 1. The summed E-state index contributed by atoms with van der Waals surface area (Å²) in [6, 6.07) is 10.4. The molecule has 2 unspecified atom stereocenters. The Morgan fingerprint density at radius 1 is 1.16 bits per heavy atom. The van der Waals surface area contributed by atoms with E-state index in [0.29, 0.717) is 16.7 Å². The number of cyclic esters (lactones) is 1. The molecule has 6 nitrogen and oxygen atoms in total. The molecule has 2 aliphatic rings. The second-order valence-electron chi connectivity index (χ2n) is 7.95. The molecule has 3 N–H and O–H groups in total. The van der Waals surface area contributed by atoms with Crippen molar-refractivity contribution in [1.29, 1.82) is 0 Å². The number of ether oxygens (including phenoxy) is 1. The van der Waals surface area contributed by atoms with Gasteiger partial charge < -0.3 is 15.2 Å². The maximum atomic E-state index is 14.2. The van der Waals surface area contributed by atoms with Gasteiger partial charge >= 0.3 is 6.09 Å². The molecule has 7 heteroatoms. The molecule has 1 saturated heterocycles. The van der Waals surface area contributed by atoms with Crippen molar-refractivity contribution in [3.05, 3.63) is 77.3 Å². The molecule has 166 valence electrons. The molecule has 2 aromatic rings. The van der Waals surface area contributed by atoms with Crippen LogP contribution in [0.1, 0.15) is 32.3 Å². The van der Waals surface area contributed by atoms with Gasteiger partial charge in [0.25, 0.3) is 5.91 Å². The van der Waals surface area contributed by atoms with E-state index >= 15 is 0 Å². The molecule has 2 amide bonds. The second-order valence-corrected chi connectivity index (χ2v) is 7.95. The Bertz CT molecular complexity index is 1160. The number of carbonyl (C=O) groups is 2. The Hall–Kier alpha value is -3.45. The van der Waals surface area contributed by atoms with Crippen molar-refractivity contribution in [2.75, 3.05) is 0 Å². The highest BCUT2D eigenvalue weighted by Crippen LogP contribution is 2.34. The minimum atomic E-state index is -1.02. The number of rotatable bonds is 6. The van der Waals surface area contributed by atoms with Crippen molar-refractivity contribution in [3.8, 4) is 0 Å². The fourth-order valence-corrected chi connectivity index (χ4v) is 4.32. The minimum absolute atomic E-state index is 0.0558. The second kappa shape index (κ2) is 8.96. The Morgan fingerprint density at radius 2 is 1.94 bits per heavy atom. The average molecular weight is 436 g/mol. The van der Waals surface area contributed by atoms with E-state index in [-0.39, 0.29) is 23.4 Å². The van der Waals surface area contributed by atoms with E-state index in [2.05, 4.69) is 10.6 Å². The highest BCUT2D eigenvalue weighted by molar-refractivity contribution is 6.07. The molecule has 2 aliphatic heterocycles. The van der Waals surface area contributed by atoms with Crippen LogP contribution in [0.15, 0.2) is 66.0 Å². The molecule has 0 spiro atoms. The van der Waals surface area contributed by atoms with Crippen molar-refractivity contribution in [2.45, 2.75) is 32.9 Å². The van der Waals surface area contributed by atoms with Gasteiger partial charge in [0, 0.05) is 17.0 Å². The van der Waals surface area contributed by atoms with Gasteiger partial charge in [-0.15, -0.1) is 0 Å². The molecular weight excluding hydrogens is 411 g/mol. The fourth-order valence-electron chi connectivity index (χ4n) is 4.32. The number of allylic oxidation sites excluding steroid dienone is 3. The van der Waals surface area contributed by atoms with Crippen LogP contribution < -0.4 is 10.6 Å². The van der Waals surface area contributed by atoms with Crippen molar-refractivity contribution in [2.24, 2.45) is 11.8 Å². The number of aliphatic hydroxyl groups excluding tert-OH is 1. The summed E-state index contributed by atoms with van der Waals surface area (Å²) in [6.07, 6.45) is 5.06. The standard InChI is InChI=1S/C25H25FN2O4/c1-3-14(4-2)18(13-22-24(30)28-25(31)32-22)17-10-11-21(27-23(17)29)16-9-8-15-6-5-7-20(26)19(15)12-16/h5-14,18,23,27,29H,3-4H2,1-2H3,(H,28,30,31)/b22-13+. The molecule has 0 saturated carbocycles. The number of amides is 2. The topological polar surface area (TPSA) is 87.7 Å². The lowest BCUT2D eigenvalue weighted by molar-refractivity contribution is -0.116. The Labute approximate surface area is 185 Å². The number of dihydropyridines is 1. The van der Waals surface area contributed by atoms with E-state index in [1.54, 1.807) is 18.2 Å². The van der Waals surface area contributed by atoms with Crippen LogP contribution in [0.2, 0.25) is 0 Å². The summed E-state index contributed by atoms with van der Waals surface area (Å²) in [5.74, 6) is -1.13. The molecule has 4 rings (SSSR count). The molecule has 0 aromatic heterocycles. The van der Waals surface area contributed by atoms with Crippen LogP contribution in [-0.2, 0) is 9.53 Å². The van der Waals surface area contributed by atoms with E-state index in [4.69, 9.17) is 4.74 Å². The lowest BCUT2D eigenvalue weighted by Crippen LogP contribution is -2.36. The van der Waals surface area contributed by atoms with Crippen LogP contribution in [0.5, 0.6) is 0 Å². The SMILES string of the molecule is CCC(CC)C(/C=C1/OC(=O)NC1=O)C1=CC=C(c2ccc3cccc(F)c3c2)NC1O. The zero-order chi connectivity index (χ0) is 22.8. The number of benzene rings is 2. The van der Waals surface area contributed by atoms with E-state index in [1.807, 2.05) is 44.2 Å². The van der Waals surface area contributed by atoms with E-state index in [0.717, 1.165) is 23.8 Å². The molecule has 2 atom stereocenters. The van der Waals surface area contributed by atoms with Gasteiger partial charge in [-0.1, -0.05) is 57.0 Å². The van der Waals surface area contributed by atoms with Crippen LogP contribution in [0.25, 0.3) is 16.5 Å². The van der Waals surface area contributed by atoms with Gasteiger partial charge in [-0.2, -0.15) is 0 Å². The van der Waals surface area contributed by atoms with Gasteiger partial charge in [0.2, 0.25) is 0 Å².